The van der Waals surface area contributed by atoms with Crippen molar-refractivity contribution in [2.75, 3.05) is 13.2 Å². The van der Waals surface area contributed by atoms with Gasteiger partial charge in [-0.05, 0) is 12.5 Å². The predicted molar refractivity (Wildman–Crippen MR) is 64.0 cm³/mol. The second kappa shape index (κ2) is 5.19. The number of aliphatic hydroxyl groups excluding tert-OH is 1. The van der Waals surface area contributed by atoms with Crippen molar-refractivity contribution in [2.24, 2.45) is 0 Å². The van der Waals surface area contributed by atoms with E-state index in [-0.39, 0.29) is 11.8 Å². The van der Waals surface area contributed by atoms with Gasteiger partial charge in [0.05, 0.1) is 6.10 Å². The highest BCUT2D eigenvalue weighted by Gasteiger charge is 2.29. The fraction of sp³-hybridized carbons (Fsp3) is 0.462. The molecule has 4 heteroatoms. The van der Waals surface area contributed by atoms with E-state index in [9.17, 15) is 9.90 Å². The maximum absolute atomic E-state index is 11.9. The van der Waals surface area contributed by atoms with E-state index in [0.717, 1.165) is 11.3 Å². The number of carbonyl (C=O) groups is 1. The van der Waals surface area contributed by atoms with Gasteiger partial charge in [0.2, 0.25) is 5.91 Å². The highest BCUT2D eigenvalue weighted by atomic mass is 16.5. The van der Waals surface area contributed by atoms with Gasteiger partial charge in [-0.15, -0.1) is 0 Å². The first kappa shape index (κ1) is 11.9. The molecule has 1 aliphatic heterocycles. The summed E-state index contributed by atoms with van der Waals surface area (Å²) in [5.74, 6) is 0.446. The molecular weight excluding hydrogens is 218 g/mol. The molecule has 0 aromatic heterocycles. The van der Waals surface area contributed by atoms with E-state index in [0.29, 0.717) is 19.6 Å². The number of nitrogens with one attached hydrogen (secondary N) is 1. The largest absolute Gasteiger partial charge is 0.492 e. The Balaban J connectivity index is 1.98. The van der Waals surface area contributed by atoms with Gasteiger partial charge in [0.1, 0.15) is 18.3 Å². The van der Waals surface area contributed by atoms with E-state index >= 15 is 0 Å². The number of amides is 1. The van der Waals surface area contributed by atoms with Crippen LogP contribution < -0.4 is 10.1 Å². The van der Waals surface area contributed by atoms with Crippen LogP contribution in [0.2, 0.25) is 0 Å². The van der Waals surface area contributed by atoms with Crippen LogP contribution in [-0.4, -0.2) is 30.3 Å². The first-order valence-corrected chi connectivity index (χ1v) is 5.90. The van der Waals surface area contributed by atoms with Crippen molar-refractivity contribution in [3.63, 3.8) is 0 Å². The molecule has 1 amide bonds. The number of hydrogen-bond acceptors (Lipinski definition) is 3. The molecule has 2 unspecified atom stereocenters. The van der Waals surface area contributed by atoms with Gasteiger partial charge in [0, 0.05) is 12.1 Å². The molecular formula is C13H17NO3. The molecule has 0 aliphatic carbocycles. The van der Waals surface area contributed by atoms with Crippen LogP contribution in [0.15, 0.2) is 24.3 Å². The minimum atomic E-state index is -0.475. The molecule has 2 rings (SSSR count). The number of ether oxygens (including phenoxy) is 1. The zero-order valence-corrected chi connectivity index (χ0v) is 9.85. The third-order valence-electron chi connectivity index (χ3n) is 3.00. The average Bonchev–Trinajstić information content (AvgIpc) is 2.79. The molecule has 0 radical (unpaired) electrons. The van der Waals surface area contributed by atoms with E-state index in [1.807, 2.05) is 31.2 Å². The van der Waals surface area contributed by atoms with Crippen LogP contribution in [0.5, 0.6) is 5.75 Å². The maximum Gasteiger partial charge on any atom is 0.231 e. The van der Waals surface area contributed by atoms with Gasteiger partial charge >= 0.3 is 0 Å². The third kappa shape index (κ3) is 2.58. The molecule has 2 N–H and O–H groups in total. The lowest BCUT2D eigenvalue weighted by Crippen LogP contribution is -2.35. The maximum atomic E-state index is 11.9. The topological polar surface area (TPSA) is 58.6 Å². The summed E-state index contributed by atoms with van der Waals surface area (Å²) in [5, 5.41) is 12.1. The van der Waals surface area contributed by atoms with E-state index < -0.39 is 6.10 Å². The van der Waals surface area contributed by atoms with E-state index in [1.54, 1.807) is 0 Å². The lowest BCUT2D eigenvalue weighted by molar-refractivity contribution is -0.123. The quantitative estimate of drug-likeness (QED) is 0.820. The lowest BCUT2D eigenvalue weighted by atomic mass is 10.0. The molecule has 17 heavy (non-hydrogen) atoms. The first-order valence-electron chi connectivity index (χ1n) is 5.90. The summed E-state index contributed by atoms with van der Waals surface area (Å²) in [7, 11) is 0. The van der Waals surface area contributed by atoms with Crippen molar-refractivity contribution in [1.82, 2.24) is 5.32 Å². The van der Waals surface area contributed by atoms with Crippen LogP contribution in [0.4, 0.5) is 0 Å². The van der Waals surface area contributed by atoms with Gasteiger partial charge in [-0.1, -0.05) is 25.1 Å². The third-order valence-corrected chi connectivity index (χ3v) is 3.00. The minimum absolute atomic E-state index is 0.0811. The number of hydrogen-bond donors (Lipinski definition) is 2. The van der Waals surface area contributed by atoms with E-state index in [1.165, 1.54) is 0 Å². The molecule has 0 saturated carbocycles. The molecule has 1 aliphatic rings. The van der Waals surface area contributed by atoms with Crippen LogP contribution in [0.25, 0.3) is 0 Å². The summed E-state index contributed by atoms with van der Waals surface area (Å²) >= 11 is 0. The van der Waals surface area contributed by atoms with Gasteiger partial charge in [-0.2, -0.15) is 0 Å². The number of fused-ring (bicyclic) bond motifs is 1. The van der Waals surface area contributed by atoms with Crippen molar-refractivity contribution in [3.05, 3.63) is 29.8 Å². The Kier molecular flexibility index (Phi) is 3.64. The fourth-order valence-corrected chi connectivity index (χ4v) is 1.87. The Morgan fingerprint density at radius 1 is 1.59 bits per heavy atom. The molecule has 0 spiro atoms. The first-order chi connectivity index (χ1) is 8.22. The molecule has 2 atom stereocenters. The van der Waals surface area contributed by atoms with Gasteiger partial charge in [-0.25, -0.2) is 0 Å². The van der Waals surface area contributed by atoms with Crippen LogP contribution in [0.1, 0.15) is 24.8 Å². The highest BCUT2D eigenvalue weighted by Crippen LogP contribution is 2.33. The zero-order chi connectivity index (χ0) is 12.3. The van der Waals surface area contributed by atoms with E-state index in [2.05, 4.69) is 5.32 Å². The zero-order valence-electron chi connectivity index (χ0n) is 9.85. The minimum Gasteiger partial charge on any atom is -0.492 e. The van der Waals surface area contributed by atoms with Crippen LogP contribution >= 0.6 is 0 Å². The Bertz CT molecular complexity index is 405. The van der Waals surface area contributed by atoms with Gasteiger partial charge < -0.3 is 15.2 Å². The highest BCUT2D eigenvalue weighted by molar-refractivity contribution is 5.85. The van der Waals surface area contributed by atoms with E-state index in [4.69, 9.17) is 4.74 Å². The molecule has 0 bridgehead atoms. The molecule has 92 valence electrons. The second-order valence-corrected chi connectivity index (χ2v) is 4.21. The molecule has 0 saturated heterocycles. The predicted octanol–water partition coefficient (Wildman–Crippen LogP) is 1.05. The fourth-order valence-electron chi connectivity index (χ4n) is 1.87. The van der Waals surface area contributed by atoms with Crippen LogP contribution in [0, 0.1) is 0 Å². The SMILES string of the molecule is CCC(O)CNC(=O)C1COc2ccccc21. The molecule has 0 fully saturated rings. The van der Waals surface area contributed by atoms with Gasteiger partial charge in [0.15, 0.2) is 0 Å². The monoisotopic (exact) mass is 235 g/mol. The Hall–Kier alpha value is -1.55. The Morgan fingerprint density at radius 3 is 3.12 bits per heavy atom. The number of rotatable bonds is 4. The Labute approximate surface area is 101 Å². The lowest BCUT2D eigenvalue weighted by Gasteiger charge is -2.12. The van der Waals surface area contributed by atoms with Crippen molar-refractivity contribution in [1.29, 1.82) is 0 Å². The van der Waals surface area contributed by atoms with Gasteiger partial charge in [-0.3, -0.25) is 4.79 Å². The summed E-state index contributed by atoms with van der Waals surface area (Å²) in [6.07, 6.45) is 0.161. The van der Waals surface area contributed by atoms with Crippen LogP contribution in [-0.2, 0) is 4.79 Å². The standard InChI is InChI=1S/C13H17NO3/c1-2-9(15)7-14-13(16)11-8-17-12-6-4-3-5-10(11)12/h3-6,9,11,15H,2,7-8H2,1H3,(H,14,16). The number of para-hydroxylation sites is 1. The summed E-state index contributed by atoms with van der Waals surface area (Å²) in [6.45, 7) is 2.56. The van der Waals surface area contributed by atoms with Crippen LogP contribution in [0.3, 0.4) is 0 Å². The summed E-state index contributed by atoms with van der Waals surface area (Å²) in [5.41, 5.74) is 0.927. The summed E-state index contributed by atoms with van der Waals surface area (Å²) < 4.78 is 5.44. The van der Waals surface area contributed by atoms with Crippen molar-refractivity contribution >= 4 is 5.91 Å². The van der Waals surface area contributed by atoms with Crippen molar-refractivity contribution < 1.29 is 14.6 Å². The smallest absolute Gasteiger partial charge is 0.231 e. The number of carbonyl (C=O) groups excluding carboxylic acids is 1. The van der Waals surface area contributed by atoms with Crippen molar-refractivity contribution in [2.45, 2.75) is 25.4 Å². The number of aliphatic hydroxyl groups is 1. The molecule has 1 aromatic carbocycles. The normalized spacial score (nSPS) is 19.3. The summed E-state index contributed by atoms with van der Waals surface area (Å²) in [6, 6.07) is 7.56. The second-order valence-electron chi connectivity index (χ2n) is 4.21. The molecule has 4 nitrogen and oxygen atoms in total. The average molecular weight is 235 g/mol. The van der Waals surface area contributed by atoms with Crippen molar-refractivity contribution in [3.8, 4) is 5.75 Å². The Morgan fingerprint density at radius 2 is 2.35 bits per heavy atom. The molecule has 1 heterocycles. The summed E-state index contributed by atoms with van der Waals surface area (Å²) in [4.78, 5) is 11.9. The number of benzene rings is 1. The molecule has 1 aromatic rings. The van der Waals surface area contributed by atoms with Gasteiger partial charge in [0.25, 0.3) is 0 Å².